The number of nitrogens with one attached hydrogen (secondary N) is 1. The van der Waals surface area contributed by atoms with Gasteiger partial charge in [0.1, 0.15) is 5.82 Å². The van der Waals surface area contributed by atoms with Gasteiger partial charge in [-0.25, -0.2) is 4.98 Å². The predicted molar refractivity (Wildman–Crippen MR) is 116 cm³/mol. The quantitative estimate of drug-likeness (QED) is 0.736. The lowest BCUT2D eigenvalue weighted by atomic mass is 9.99. The summed E-state index contributed by atoms with van der Waals surface area (Å²) in [5.74, 6) is 1.68. The molecule has 1 fully saturated rings. The number of nitrogens with zero attached hydrogens (tertiary/aromatic N) is 2. The molecule has 2 heterocycles. The monoisotopic (exact) mass is 410 g/mol. The minimum atomic E-state index is -0.0817. The lowest BCUT2D eigenvalue weighted by molar-refractivity contribution is 0.0954. The average molecular weight is 411 g/mol. The average Bonchev–Trinajstić information content (AvgIpc) is 2.64. The van der Waals surface area contributed by atoms with E-state index < -0.39 is 0 Å². The normalized spacial score (nSPS) is 14.0. The highest BCUT2D eigenvalue weighted by Gasteiger charge is 2.17. The maximum Gasteiger partial charge on any atom is 0.252 e. The zero-order valence-corrected chi connectivity index (χ0v) is 17.2. The summed E-state index contributed by atoms with van der Waals surface area (Å²) in [5.41, 5.74) is 8.18. The molecule has 7 heteroatoms. The second-order valence-electron chi connectivity index (χ2n) is 6.82. The van der Waals surface area contributed by atoms with Crippen LogP contribution in [0, 0.1) is 5.92 Å². The first kappa shape index (κ1) is 23.1. The maximum absolute atomic E-state index is 12.2. The largest absolute Gasteiger partial charge is 0.399 e. The van der Waals surface area contributed by atoms with Crippen LogP contribution in [0.4, 0.5) is 11.5 Å². The second-order valence-corrected chi connectivity index (χ2v) is 6.82. The minimum absolute atomic E-state index is 0. The standard InChI is InChI=1S/C20H26N4O.2ClH/c1-15-9-12-24(13-10-15)19-7-4-17(14-23-19)20(25)22-11-8-16-2-5-18(21)6-3-16;;/h2-7,14-15H,8-13,21H2,1H3,(H,22,25);2*1H. The summed E-state index contributed by atoms with van der Waals surface area (Å²) in [5, 5.41) is 2.94. The number of piperidine rings is 1. The first-order valence-corrected chi connectivity index (χ1v) is 8.95. The number of pyridine rings is 1. The van der Waals surface area contributed by atoms with E-state index in [9.17, 15) is 4.79 Å². The van der Waals surface area contributed by atoms with Gasteiger partial charge in [-0.05, 0) is 55.0 Å². The van der Waals surface area contributed by atoms with Crippen LogP contribution in [0.25, 0.3) is 0 Å². The van der Waals surface area contributed by atoms with Crippen molar-refractivity contribution in [2.24, 2.45) is 5.92 Å². The summed E-state index contributed by atoms with van der Waals surface area (Å²) >= 11 is 0. The SMILES string of the molecule is CC1CCN(c2ccc(C(=O)NCCc3ccc(N)cc3)cn2)CC1.Cl.Cl. The van der Waals surface area contributed by atoms with Gasteiger partial charge in [0.2, 0.25) is 0 Å². The highest BCUT2D eigenvalue weighted by atomic mass is 35.5. The van der Waals surface area contributed by atoms with E-state index in [2.05, 4.69) is 22.1 Å². The first-order valence-electron chi connectivity index (χ1n) is 8.95. The Morgan fingerprint density at radius 1 is 1.15 bits per heavy atom. The summed E-state index contributed by atoms with van der Waals surface area (Å²) in [4.78, 5) is 19.0. The van der Waals surface area contributed by atoms with Gasteiger partial charge in [0.15, 0.2) is 0 Å². The number of carbonyl (C=O) groups is 1. The summed E-state index contributed by atoms with van der Waals surface area (Å²) < 4.78 is 0. The number of hydrogen-bond donors (Lipinski definition) is 2. The van der Waals surface area contributed by atoms with Crippen molar-refractivity contribution < 1.29 is 4.79 Å². The van der Waals surface area contributed by atoms with E-state index in [1.54, 1.807) is 6.20 Å². The van der Waals surface area contributed by atoms with Crippen molar-refractivity contribution in [3.63, 3.8) is 0 Å². The van der Waals surface area contributed by atoms with Gasteiger partial charge in [-0.15, -0.1) is 24.8 Å². The number of amides is 1. The zero-order valence-electron chi connectivity index (χ0n) is 15.6. The smallest absolute Gasteiger partial charge is 0.252 e. The van der Waals surface area contributed by atoms with Gasteiger partial charge in [0.25, 0.3) is 5.91 Å². The summed E-state index contributed by atoms with van der Waals surface area (Å²) in [6.07, 6.45) is 4.86. The van der Waals surface area contributed by atoms with Crippen LogP contribution in [0.3, 0.4) is 0 Å². The highest BCUT2D eigenvalue weighted by Crippen LogP contribution is 2.21. The molecule has 0 aliphatic carbocycles. The Balaban J connectivity index is 0.00000182. The lowest BCUT2D eigenvalue weighted by Gasteiger charge is -2.31. The first-order chi connectivity index (χ1) is 12.1. The van der Waals surface area contributed by atoms with E-state index in [-0.39, 0.29) is 30.7 Å². The Bertz CT molecular complexity index is 699. The number of hydrogen-bond acceptors (Lipinski definition) is 4. The van der Waals surface area contributed by atoms with Crippen molar-refractivity contribution in [1.29, 1.82) is 0 Å². The van der Waals surface area contributed by atoms with Gasteiger partial charge in [-0.2, -0.15) is 0 Å². The van der Waals surface area contributed by atoms with Crippen molar-refractivity contribution in [3.8, 4) is 0 Å². The number of nitrogens with two attached hydrogens (primary N) is 1. The fourth-order valence-corrected chi connectivity index (χ4v) is 3.05. The van der Waals surface area contributed by atoms with Gasteiger partial charge < -0.3 is 16.0 Å². The molecule has 5 nitrogen and oxygen atoms in total. The van der Waals surface area contributed by atoms with Crippen LogP contribution in [0.15, 0.2) is 42.6 Å². The van der Waals surface area contributed by atoms with Crippen molar-refractivity contribution in [1.82, 2.24) is 10.3 Å². The number of carbonyl (C=O) groups excluding carboxylic acids is 1. The molecular weight excluding hydrogens is 383 g/mol. The zero-order chi connectivity index (χ0) is 17.6. The third kappa shape index (κ3) is 6.60. The Kier molecular flexibility index (Phi) is 9.39. The van der Waals surface area contributed by atoms with E-state index in [1.165, 1.54) is 12.8 Å². The van der Waals surface area contributed by atoms with Crippen LogP contribution in [-0.2, 0) is 6.42 Å². The maximum atomic E-state index is 12.2. The molecule has 3 N–H and O–H groups in total. The van der Waals surface area contributed by atoms with Crippen LogP contribution >= 0.6 is 24.8 Å². The molecule has 0 saturated carbocycles. The number of aromatic nitrogens is 1. The van der Waals surface area contributed by atoms with Crippen LogP contribution < -0.4 is 16.0 Å². The third-order valence-corrected chi connectivity index (χ3v) is 4.80. The van der Waals surface area contributed by atoms with Gasteiger partial charge in [0.05, 0.1) is 5.56 Å². The van der Waals surface area contributed by atoms with Crippen molar-refractivity contribution in [2.45, 2.75) is 26.2 Å². The van der Waals surface area contributed by atoms with E-state index in [4.69, 9.17) is 5.73 Å². The topological polar surface area (TPSA) is 71.2 Å². The second kappa shape index (κ2) is 11.0. The van der Waals surface area contributed by atoms with Crippen LogP contribution in [0.5, 0.6) is 0 Å². The molecule has 1 aromatic heterocycles. The van der Waals surface area contributed by atoms with Gasteiger partial charge in [0, 0.05) is 31.5 Å². The molecule has 0 spiro atoms. The molecule has 1 aromatic carbocycles. The molecule has 148 valence electrons. The van der Waals surface area contributed by atoms with Crippen molar-refractivity contribution in [3.05, 3.63) is 53.7 Å². The van der Waals surface area contributed by atoms with Gasteiger partial charge in [-0.3, -0.25) is 4.79 Å². The molecule has 27 heavy (non-hydrogen) atoms. The molecular formula is C20H28Cl2N4O. The molecule has 0 atom stereocenters. The molecule has 0 radical (unpaired) electrons. The fourth-order valence-electron chi connectivity index (χ4n) is 3.05. The van der Waals surface area contributed by atoms with Crippen molar-refractivity contribution >= 4 is 42.2 Å². The number of benzene rings is 1. The Hall–Kier alpha value is -1.98. The van der Waals surface area contributed by atoms with E-state index in [0.717, 1.165) is 42.5 Å². The number of halogens is 2. The molecule has 1 amide bonds. The lowest BCUT2D eigenvalue weighted by Crippen LogP contribution is -2.33. The summed E-state index contributed by atoms with van der Waals surface area (Å²) in [7, 11) is 0. The number of rotatable bonds is 5. The summed E-state index contributed by atoms with van der Waals surface area (Å²) in [6, 6.07) is 11.5. The number of anilines is 2. The highest BCUT2D eigenvalue weighted by molar-refractivity contribution is 5.94. The Morgan fingerprint density at radius 3 is 2.41 bits per heavy atom. The molecule has 2 aromatic rings. The third-order valence-electron chi connectivity index (χ3n) is 4.80. The predicted octanol–water partition coefficient (Wildman–Crippen LogP) is 3.72. The van der Waals surface area contributed by atoms with Crippen molar-refractivity contribution in [2.75, 3.05) is 30.3 Å². The molecule has 1 aliphatic rings. The molecule has 0 unspecified atom stereocenters. The van der Waals surface area contributed by atoms with Crippen LogP contribution in [0.1, 0.15) is 35.7 Å². The number of nitrogen functional groups attached to an aromatic ring is 1. The molecule has 3 rings (SSSR count). The minimum Gasteiger partial charge on any atom is -0.399 e. The molecule has 1 saturated heterocycles. The summed E-state index contributed by atoms with van der Waals surface area (Å²) in [6.45, 7) is 4.97. The van der Waals surface area contributed by atoms with Gasteiger partial charge >= 0.3 is 0 Å². The Morgan fingerprint density at radius 2 is 1.81 bits per heavy atom. The molecule has 1 aliphatic heterocycles. The van der Waals surface area contributed by atoms with Gasteiger partial charge in [-0.1, -0.05) is 19.1 Å². The molecule has 0 bridgehead atoms. The van der Waals surface area contributed by atoms with E-state index >= 15 is 0 Å². The van der Waals surface area contributed by atoms with E-state index in [0.29, 0.717) is 12.1 Å². The Labute approximate surface area is 173 Å². The fraction of sp³-hybridized carbons (Fsp3) is 0.400. The van der Waals surface area contributed by atoms with Crippen LogP contribution in [-0.4, -0.2) is 30.5 Å². The van der Waals surface area contributed by atoms with E-state index in [1.807, 2.05) is 36.4 Å². The van der Waals surface area contributed by atoms with Crippen LogP contribution in [0.2, 0.25) is 0 Å².